The Labute approximate surface area is 99.2 Å². The first kappa shape index (κ1) is 11.2. The Kier molecular flexibility index (Phi) is 3.09. The summed E-state index contributed by atoms with van der Waals surface area (Å²) >= 11 is 0. The van der Waals surface area contributed by atoms with Crippen molar-refractivity contribution < 1.29 is 9.47 Å². The number of methoxy groups -OCH3 is 2. The fourth-order valence-corrected chi connectivity index (χ4v) is 1.52. The van der Waals surface area contributed by atoms with E-state index in [-0.39, 0.29) is 0 Å². The Morgan fingerprint density at radius 3 is 2.06 bits per heavy atom. The smallest absolute Gasteiger partial charge is 0.149 e. The van der Waals surface area contributed by atoms with Gasteiger partial charge in [0.15, 0.2) is 0 Å². The second kappa shape index (κ2) is 4.69. The summed E-state index contributed by atoms with van der Waals surface area (Å²) in [5.41, 5.74) is 7.21. The summed E-state index contributed by atoms with van der Waals surface area (Å²) in [4.78, 5) is 8.20. The molecule has 2 N–H and O–H groups in total. The van der Waals surface area contributed by atoms with Crippen molar-refractivity contribution in [3.05, 3.63) is 30.6 Å². The predicted molar refractivity (Wildman–Crippen MR) is 65.0 cm³/mol. The molecule has 1 aromatic carbocycles. The third kappa shape index (κ3) is 2.28. The van der Waals surface area contributed by atoms with Gasteiger partial charge in [-0.3, -0.25) is 4.98 Å². The molecule has 2 rings (SSSR count). The highest BCUT2D eigenvalue weighted by Crippen LogP contribution is 2.30. The number of aromatic nitrogens is 2. The largest absolute Gasteiger partial charge is 0.497 e. The molecular weight excluding hydrogens is 218 g/mol. The Bertz CT molecular complexity index is 507. The van der Waals surface area contributed by atoms with Gasteiger partial charge in [-0.15, -0.1) is 0 Å². The molecule has 0 unspecified atom stereocenters. The molecule has 1 aromatic heterocycles. The molecule has 17 heavy (non-hydrogen) atoms. The molecule has 0 bridgehead atoms. The molecular formula is C12H13N3O2. The highest BCUT2D eigenvalue weighted by Gasteiger charge is 2.08. The number of nitrogens with zero attached hydrogens (tertiary/aromatic N) is 2. The lowest BCUT2D eigenvalue weighted by Gasteiger charge is -2.08. The first-order chi connectivity index (χ1) is 8.24. The molecule has 88 valence electrons. The molecule has 0 saturated carbocycles. The second-order valence-electron chi connectivity index (χ2n) is 3.39. The maximum Gasteiger partial charge on any atom is 0.149 e. The quantitative estimate of drug-likeness (QED) is 0.871. The van der Waals surface area contributed by atoms with Crippen LogP contribution in [0.15, 0.2) is 30.6 Å². The van der Waals surface area contributed by atoms with E-state index in [1.54, 1.807) is 32.7 Å². The number of benzene rings is 1. The first-order valence-corrected chi connectivity index (χ1v) is 5.04. The van der Waals surface area contributed by atoms with Gasteiger partial charge in [0.05, 0.1) is 14.2 Å². The van der Waals surface area contributed by atoms with Gasteiger partial charge in [0.25, 0.3) is 0 Å². The zero-order chi connectivity index (χ0) is 12.3. The van der Waals surface area contributed by atoms with E-state index >= 15 is 0 Å². The van der Waals surface area contributed by atoms with Crippen molar-refractivity contribution in [1.29, 1.82) is 0 Å². The topological polar surface area (TPSA) is 70.3 Å². The van der Waals surface area contributed by atoms with E-state index in [2.05, 4.69) is 9.97 Å². The third-order valence-electron chi connectivity index (χ3n) is 2.35. The van der Waals surface area contributed by atoms with E-state index in [9.17, 15) is 0 Å². The fraction of sp³-hybridized carbons (Fsp3) is 0.167. The summed E-state index contributed by atoms with van der Waals surface area (Å²) in [6.07, 6.45) is 3.15. The summed E-state index contributed by atoms with van der Waals surface area (Å²) in [7, 11) is 3.19. The van der Waals surface area contributed by atoms with Crippen LogP contribution in [0.2, 0.25) is 0 Å². The average Bonchev–Trinajstić information content (AvgIpc) is 2.38. The van der Waals surface area contributed by atoms with E-state index in [1.807, 2.05) is 12.1 Å². The van der Waals surface area contributed by atoms with Gasteiger partial charge in [-0.2, -0.15) is 0 Å². The first-order valence-electron chi connectivity index (χ1n) is 5.04. The molecule has 5 heteroatoms. The minimum Gasteiger partial charge on any atom is -0.497 e. The van der Waals surface area contributed by atoms with Crippen LogP contribution >= 0.6 is 0 Å². The van der Waals surface area contributed by atoms with Crippen LogP contribution in [0, 0.1) is 0 Å². The van der Waals surface area contributed by atoms with E-state index in [1.165, 1.54) is 0 Å². The average molecular weight is 231 g/mol. The van der Waals surface area contributed by atoms with Crippen LogP contribution in [0.5, 0.6) is 11.5 Å². The number of rotatable bonds is 3. The van der Waals surface area contributed by atoms with Crippen molar-refractivity contribution in [3.63, 3.8) is 0 Å². The van der Waals surface area contributed by atoms with Crippen LogP contribution in [0.3, 0.4) is 0 Å². The third-order valence-corrected chi connectivity index (χ3v) is 2.35. The van der Waals surface area contributed by atoms with Crippen LogP contribution < -0.4 is 15.2 Å². The van der Waals surface area contributed by atoms with E-state index in [0.717, 1.165) is 5.56 Å². The molecule has 0 spiro atoms. The lowest BCUT2D eigenvalue weighted by Crippen LogP contribution is -1.97. The van der Waals surface area contributed by atoms with Crippen LogP contribution in [-0.4, -0.2) is 24.2 Å². The van der Waals surface area contributed by atoms with Crippen LogP contribution in [0.25, 0.3) is 11.3 Å². The molecule has 0 aliphatic heterocycles. The minimum absolute atomic E-state index is 0.378. The van der Waals surface area contributed by atoms with Gasteiger partial charge in [0.2, 0.25) is 0 Å². The van der Waals surface area contributed by atoms with Gasteiger partial charge in [-0.1, -0.05) is 0 Å². The fourth-order valence-electron chi connectivity index (χ4n) is 1.52. The molecule has 0 aliphatic carbocycles. The van der Waals surface area contributed by atoms with Gasteiger partial charge in [-0.25, -0.2) is 4.98 Å². The predicted octanol–water partition coefficient (Wildman–Crippen LogP) is 1.74. The van der Waals surface area contributed by atoms with Crippen molar-refractivity contribution in [1.82, 2.24) is 9.97 Å². The highest BCUT2D eigenvalue weighted by molar-refractivity contribution is 5.72. The molecule has 0 fully saturated rings. The van der Waals surface area contributed by atoms with Crippen molar-refractivity contribution in [2.75, 3.05) is 20.0 Å². The molecule has 0 radical (unpaired) electrons. The summed E-state index contributed by atoms with van der Waals surface area (Å²) < 4.78 is 10.4. The van der Waals surface area contributed by atoms with Gasteiger partial charge in [-0.05, 0) is 12.1 Å². The Hall–Kier alpha value is -2.30. The van der Waals surface area contributed by atoms with Crippen LogP contribution in [0.1, 0.15) is 0 Å². The lowest BCUT2D eigenvalue weighted by molar-refractivity contribution is 0.394. The van der Waals surface area contributed by atoms with Crippen molar-refractivity contribution in [3.8, 4) is 22.8 Å². The maximum absolute atomic E-state index is 5.78. The summed E-state index contributed by atoms with van der Waals surface area (Å²) in [6.45, 7) is 0. The summed E-state index contributed by atoms with van der Waals surface area (Å²) in [6, 6.07) is 5.46. The monoisotopic (exact) mass is 231 g/mol. The van der Waals surface area contributed by atoms with E-state index in [0.29, 0.717) is 23.0 Å². The van der Waals surface area contributed by atoms with Crippen LogP contribution in [-0.2, 0) is 0 Å². The maximum atomic E-state index is 5.78. The molecule has 0 atom stereocenters. The summed E-state index contributed by atoms with van der Waals surface area (Å²) in [5.74, 6) is 1.75. The van der Waals surface area contributed by atoms with Crippen molar-refractivity contribution in [2.24, 2.45) is 0 Å². The zero-order valence-electron chi connectivity index (χ0n) is 9.68. The molecule has 2 aromatic rings. The highest BCUT2D eigenvalue weighted by atomic mass is 16.5. The Morgan fingerprint density at radius 1 is 0.941 bits per heavy atom. The molecule has 0 aliphatic rings. The Morgan fingerprint density at radius 2 is 1.53 bits per heavy atom. The lowest BCUT2D eigenvalue weighted by atomic mass is 10.1. The van der Waals surface area contributed by atoms with Crippen molar-refractivity contribution >= 4 is 5.82 Å². The number of ether oxygens (including phenoxy) is 2. The number of anilines is 1. The standard InChI is InChI=1S/C12H13N3O2/c1-16-9-5-8(6-10(7-9)17-2)11-12(13)15-4-3-14-11/h3-7H,1-2H3,(H2,13,15). The number of hydrogen-bond acceptors (Lipinski definition) is 5. The number of nitrogen functional groups attached to an aromatic ring is 1. The van der Waals surface area contributed by atoms with E-state index in [4.69, 9.17) is 15.2 Å². The van der Waals surface area contributed by atoms with Crippen molar-refractivity contribution in [2.45, 2.75) is 0 Å². The molecule has 0 amide bonds. The van der Waals surface area contributed by atoms with E-state index < -0.39 is 0 Å². The number of nitrogens with two attached hydrogens (primary N) is 1. The molecule has 1 heterocycles. The molecule has 0 saturated heterocycles. The molecule has 5 nitrogen and oxygen atoms in total. The minimum atomic E-state index is 0.378. The number of hydrogen-bond donors (Lipinski definition) is 1. The normalized spacial score (nSPS) is 10.0. The van der Waals surface area contributed by atoms with Crippen LogP contribution in [0.4, 0.5) is 5.82 Å². The summed E-state index contributed by atoms with van der Waals surface area (Å²) in [5, 5.41) is 0. The second-order valence-corrected chi connectivity index (χ2v) is 3.39. The zero-order valence-corrected chi connectivity index (χ0v) is 9.68. The van der Waals surface area contributed by atoms with Gasteiger partial charge in [0, 0.05) is 24.0 Å². The van der Waals surface area contributed by atoms with Gasteiger partial charge < -0.3 is 15.2 Å². The van der Waals surface area contributed by atoms with Gasteiger partial charge >= 0.3 is 0 Å². The SMILES string of the molecule is COc1cc(OC)cc(-c2nccnc2N)c1. The van der Waals surface area contributed by atoms with Gasteiger partial charge in [0.1, 0.15) is 23.0 Å². The Balaban J connectivity index is 2.55.